The summed E-state index contributed by atoms with van der Waals surface area (Å²) in [5.41, 5.74) is 0.720. The van der Waals surface area contributed by atoms with Gasteiger partial charge in [-0.05, 0) is 24.7 Å². The fourth-order valence-electron chi connectivity index (χ4n) is 1.73. The summed E-state index contributed by atoms with van der Waals surface area (Å²) in [6.45, 7) is 6.14. The third-order valence-corrected chi connectivity index (χ3v) is 2.39. The largest absolute Gasteiger partial charge is 0.348 e. The molecule has 1 atom stereocenters. The summed E-state index contributed by atoms with van der Waals surface area (Å²) in [5.74, 6) is 0.0779. The van der Waals surface area contributed by atoms with Gasteiger partial charge in [0.25, 0.3) is 0 Å². The molecule has 3 nitrogen and oxygen atoms in total. The van der Waals surface area contributed by atoms with Crippen LogP contribution in [0.3, 0.4) is 0 Å². The molecule has 2 N–H and O–H groups in total. The Bertz CT molecular complexity index is 240. The molecule has 1 rings (SSSR count). The van der Waals surface area contributed by atoms with Gasteiger partial charge in [-0.3, -0.25) is 4.79 Å². The Morgan fingerprint density at radius 3 is 2.64 bits per heavy atom. The number of carbonyl (C=O) groups is 1. The predicted molar refractivity (Wildman–Crippen MR) is 57.6 cm³/mol. The van der Waals surface area contributed by atoms with Crippen molar-refractivity contribution in [2.24, 2.45) is 5.41 Å². The fraction of sp³-hybridized carbons (Fsp3) is 0.818. The van der Waals surface area contributed by atoms with Crippen LogP contribution in [0.25, 0.3) is 0 Å². The molecule has 0 aromatic heterocycles. The van der Waals surface area contributed by atoms with E-state index in [9.17, 15) is 4.79 Å². The zero-order chi connectivity index (χ0) is 10.8. The molecule has 1 saturated carbocycles. The topological polar surface area (TPSA) is 53.0 Å². The summed E-state index contributed by atoms with van der Waals surface area (Å²) in [6.07, 6.45) is 3.37. The molecular formula is C11H20N2O. The van der Waals surface area contributed by atoms with Crippen LogP contribution in [0.4, 0.5) is 0 Å². The van der Waals surface area contributed by atoms with Crippen molar-refractivity contribution in [1.29, 1.82) is 5.41 Å². The number of rotatable bonds is 2. The molecule has 1 aliphatic rings. The summed E-state index contributed by atoms with van der Waals surface area (Å²) < 4.78 is 0. The predicted octanol–water partition coefficient (Wildman–Crippen LogP) is 2.11. The average molecular weight is 196 g/mol. The van der Waals surface area contributed by atoms with Crippen molar-refractivity contribution >= 4 is 11.6 Å². The van der Waals surface area contributed by atoms with Gasteiger partial charge in [0.1, 0.15) is 0 Å². The van der Waals surface area contributed by atoms with Gasteiger partial charge in [-0.25, -0.2) is 0 Å². The summed E-state index contributed by atoms with van der Waals surface area (Å²) in [5, 5.41) is 10.5. The van der Waals surface area contributed by atoms with E-state index >= 15 is 0 Å². The minimum absolute atomic E-state index is 0.0184. The van der Waals surface area contributed by atoms with Crippen LogP contribution in [0.1, 0.15) is 46.5 Å². The highest BCUT2D eigenvalue weighted by Crippen LogP contribution is 2.19. The van der Waals surface area contributed by atoms with Crippen LogP contribution in [0.15, 0.2) is 0 Å². The van der Waals surface area contributed by atoms with Crippen LogP contribution in [0.2, 0.25) is 0 Å². The first-order valence-electron chi connectivity index (χ1n) is 5.25. The van der Waals surface area contributed by atoms with E-state index in [1.54, 1.807) is 0 Å². The Labute approximate surface area is 85.8 Å². The first-order chi connectivity index (χ1) is 6.38. The van der Waals surface area contributed by atoms with Crippen molar-refractivity contribution in [2.45, 2.75) is 52.5 Å². The van der Waals surface area contributed by atoms with Gasteiger partial charge < -0.3 is 10.7 Å². The quantitative estimate of drug-likeness (QED) is 0.698. The van der Waals surface area contributed by atoms with Gasteiger partial charge in [0.2, 0.25) is 5.91 Å². The molecule has 1 aliphatic carbocycles. The lowest BCUT2D eigenvalue weighted by Gasteiger charge is -2.19. The Morgan fingerprint density at radius 2 is 2.21 bits per heavy atom. The summed E-state index contributed by atoms with van der Waals surface area (Å²) in [4.78, 5) is 11.6. The van der Waals surface area contributed by atoms with Crippen LogP contribution in [0, 0.1) is 10.8 Å². The third-order valence-electron chi connectivity index (χ3n) is 2.39. The van der Waals surface area contributed by atoms with Crippen LogP contribution < -0.4 is 5.32 Å². The smallest absolute Gasteiger partial charge is 0.221 e. The molecule has 80 valence electrons. The highest BCUT2D eigenvalue weighted by Gasteiger charge is 2.24. The molecule has 1 fully saturated rings. The first kappa shape index (κ1) is 11.2. The number of carbonyl (C=O) groups excluding carboxylic acids is 1. The van der Waals surface area contributed by atoms with E-state index in [0.29, 0.717) is 12.1 Å². The third kappa shape index (κ3) is 3.48. The van der Waals surface area contributed by atoms with Crippen molar-refractivity contribution in [2.75, 3.05) is 0 Å². The van der Waals surface area contributed by atoms with E-state index in [-0.39, 0.29) is 17.4 Å². The fourth-order valence-corrected chi connectivity index (χ4v) is 1.73. The van der Waals surface area contributed by atoms with Crippen molar-refractivity contribution in [1.82, 2.24) is 5.32 Å². The van der Waals surface area contributed by atoms with Gasteiger partial charge >= 0.3 is 0 Å². The normalized spacial score (nSPS) is 22.5. The molecule has 0 aromatic carbocycles. The zero-order valence-corrected chi connectivity index (χ0v) is 9.31. The highest BCUT2D eigenvalue weighted by molar-refractivity contribution is 5.92. The Kier molecular flexibility index (Phi) is 3.29. The zero-order valence-electron chi connectivity index (χ0n) is 9.31. The Hall–Kier alpha value is -0.860. The number of hydrogen-bond donors (Lipinski definition) is 2. The van der Waals surface area contributed by atoms with Crippen LogP contribution >= 0.6 is 0 Å². The second kappa shape index (κ2) is 4.11. The lowest BCUT2D eigenvalue weighted by Crippen LogP contribution is -2.38. The highest BCUT2D eigenvalue weighted by atomic mass is 16.1. The summed E-state index contributed by atoms with van der Waals surface area (Å²) in [7, 11) is 0. The lowest BCUT2D eigenvalue weighted by atomic mass is 9.92. The van der Waals surface area contributed by atoms with Crippen molar-refractivity contribution < 1.29 is 4.79 Å². The van der Waals surface area contributed by atoms with Gasteiger partial charge in [-0.1, -0.05) is 20.8 Å². The van der Waals surface area contributed by atoms with Gasteiger partial charge in [0, 0.05) is 12.1 Å². The monoisotopic (exact) mass is 196 g/mol. The average Bonchev–Trinajstić information content (AvgIpc) is 2.32. The van der Waals surface area contributed by atoms with Gasteiger partial charge in [0.15, 0.2) is 0 Å². The molecule has 0 radical (unpaired) electrons. The van der Waals surface area contributed by atoms with Crippen LogP contribution in [-0.2, 0) is 4.79 Å². The molecule has 0 aliphatic heterocycles. The van der Waals surface area contributed by atoms with Crippen LogP contribution in [0.5, 0.6) is 0 Å². The molecular weight excluding hydrogens is 176 g/mol. The van der Waals surface area contributed by atoms with Gasteiger partial charge in [-0.2, -0.15) is 0 Å². The molecule has 0 saturated heterocycles. The second-order valence-corrected chi connectivity index (χ2v) is 5.28. The standard InChI is InChI=1S/C11H20N2O/c1-11(2,3)7-10(14)13-9-6-4-5-8(9)12/h9,12H,4-7H2,1-3H3,(H,13,14). The van der Waals surface area contributed by atoms with Crippen molar-refractivity contribution in [3.8, 4) is 0 Å². The maximum atomic E-state index is 11.6. The maximum absolute atomic E-state index is 11.6. The SMILES string of the molecule is CC(C)(C)CC(=O)NC1CCCC1=N. The molecule has 0 bridgehead atoms. The van der Waals surface area contributed by atoms with Gasteiger partial charge in [-0.15, -0.1) is 0 Å². The molecule has 14 heavy (non-hydrogen) atoms. The van der Waals surface area contributed by atoms with E-state index in [1.807, 2.05) is 20.8 Å². The van der Waals surface area contributed by atoms with E-state index in [2.05, 4.69) is 5.32 Å². The van der Waals surface area contributed by atoms with Crippen molar-refractivity contribution in [3.05, 3.63) is 0 Å². The van der Waals surface area contributed by atoms with Crippen molar-refractivity contribution in [3.63, 3.8) is 0 Å². The molecule has 0 spiro atoms. The second-order valence-electron chi connectivity index (χ2n) is 5.28. The lowest BCUT2D eigenvalue weighted by molar-refractivity contribution is -0.123. The summed E-state index contributed by atoms with van der Waals surface area (Å²) >= 11 is 0. The minimum atomic E-state index is 0.0184. The molecule has 0 heterocycles. The van der Waals surface area contributed by atoms with E-state index in [1.165, 1.54) is 0 Å². The Morgan fingerprint density at radius 1 is 1.57 bits per heavy atom. The first-order valence-corrected chi connectivity index (χ1v) is 5.25. The number of nitrogens with one attached hydrogen (secondary N) is 2. The number of hydrogen-bond acceptors (Lipinski definition) is 2. The molecule has 1 unspecified atom stereocenters. The van der Waals surface area contributed by atoms with Gasteiger partial charge in [0.05, 0.1) is 6.04 Å². The van der Waals surface area contributed by atoms with E-state index < -0.39 is 0 Å². The molecule has 0 aromatic rings. The molecule has 1 amide bonds. The van der Waals surface area contributed by atoms with E-state index in [4.69, 9.17) is 5.41 Å². The van der Waals surface area contributed by atoms with Crippen LogP contribution in [-0.4, -0.2) is 17.7 Å². The Balaban J connectivity index is 2.37. The maximum Gasteiger partial charge on any atom is 0.221 e. The number of amides is 1. The minimum Gasteiger partial charge on any atom is -0.348 e. The summed E-state index contributed by atoms with van der Waals surface area (Å²) in [6, 6.07) is 0.0184. The van der Waals surface area contributed by atoms with E-state index in [0.717, 1.165) is 19.3 Å². The molecule has 3 heteroatoms.